The minimum absolute atomic E-state index is 0.0139. The fourth-order valence-electron chi connectivity index (χ4n) is 2.81. The first-order chi connectivity index (χ1) is 13.3. The molecule has 1 aliphatic carbocycles. The van der Waals surface area contributed by atoms with Crippen molar-refractivity contribution in [1.29, 1.82) is 0 Å². The van der Waals surface area contributed by atoms with E-state index in [0.717, 1.165) is 18.4 Å². The third-order valence-electron chi connectivity index (χ3n) is 4.36. The Kier molecular flexibility index (Phi) is 8.11. The van der Waals surface area contributed by atoms with Crippen molar-refractivity contribution in [1.82, 2.24) is 10.2 Å². The second-order valence-electron chi connectivity index (χ2n) is 8.15. The van der Waals surface area contributed by atoms with Crippen molar-refractivity contribution in [2.45, 2.75) is 58.3 Å². The van der Waals surface area contributed by atoms with Gasteiger partial charge in [0.1, 0.15) is 12.2 Å². The maximum absolute atomic E-state index is 12.5. The molecule has 1 aliphatic rings. The molecule has 1 saturated carbocycles. The summed E-state index contributed by atoms with van der Waals surface area (Å²) >= 11 is 0. The molecule has 0 heterocycles. The van der Waals surface area contributed by atoms with Crippen molar-refractivity contribution in [3.05, 3.63) is 35.9 Å². The van der Waals surface area contributed by atoms with Crippen molar-refractivity contribution < 1.29 is 24.2 Å². The van der Waals surface area contributed by atoms with Crippen LogP contribution in [0.3, 0.4) is 0 Å². The van der Waals surface area contributed by atoms with E-state index in [2.05, 4.69) is 5.32 Å². The molecule has 0 bridgehead atoms. The van der Waals surface area contributed by atoms with Gasteiger partial charge < -0.3 is 24.8 Å². The molecule has 0 aromatic heterocycles. The molecule has 0 spiro atoms. The Morgan fingerprint density at radius 3 is 2.50 bits per heavy atom. The largest absolute Gasteiger partial charge is 0.445 e. The number of rotatable bonds is 9. The van der Waals surface area contributed by atoms with Crippen LogP contribution < -0.4 is 5.32 Å². The number of aliphatic hydroxyl groups excluding tert-OH is 1. The van der Waals surface area contributed by atoms with Crippen molar-refractivity contribution in [3.8, 4) is 0 Å². The second kappa shape index (κ2) is 10.3. The average molecular weight is 392 g/mol. The predicted molar refractivity (Wildman–Crippen MR) is 106 cm³/mol. The molecule has 1 aromatic carbocycles. The number of amides is 2. The van der Waals surface area contributed by atoms with E-state index in [0.29, 0.717) is 25.4 Å². The lowest BCUT2D eigenvalue weighted by molar-refractivity contribution is 0.0214. The standard InChI is InChI=1S/C21H32N2O5/c1-21(2,3)28-20(26)23(12-7-13-24)14-18(17-10-11-17)22-19(25)27-15-16-8-5-4-6-9-16/h4-6,8-9,17-18,24H,7,10-15H2,1-3H3,(H,22,25)/t18-/m0/s1. The summed E-state index contributed by atoms with van der Waals surface area (Å²) in [6.45, 7) is 6.33. The third-order valence-corrected chi connectivity index (χ3v) is 4.36. The van der Waals surface area contributed by atoms with E-state index in [-0.39, 0.29) is 19.3 Å². The zero-order chi connectivity index (χ0) is 20.6. The number of alkyl carbamates (subject to hydrolysis) is 1. The van der Waals surface area contributed by atoms with E-state index < -0.39 is 17.8 Å². The fourth-order valence-corrected chi connectivity index (χ4v) is 2.81. The first-order valence-electron chi connectivity index (χ1n) is 9.84. The van der Waals surface area contributed by atoms with Gasteiger partial charge in [-0.1, -0.05) is 30.3 Å². The van der Waals surface area contributed by atoms with Gasteiger partial charge in [0.05, 0.1) is 6.04 Å². The van der Waals surface area contributed by atoms with Gasteiger partial charge in [-0.25, -0.2) is 9.59 Å². The van der Waals surface area contributed by atoms with E-state index >= 15 is 0 Å². The highest BCUT2D eigenvalue weighted by atomic mass is 16.6. The molecule has 0 unspecified atom stereocenters. The van der Waals surface area contributed by atoms with E-state index in [1.807, 2.05) is 51.1 Å². The normalized spacial score (nSPS) is 14.9. The maximum atomic E-state index is 12.5. The van der Waals surface area contributed by atoms with Crippen LogP contribution in [0.4, 0.5) is 9.59 Å². The van der Waals surface area contributed by atoms with Gasteiger partial charge in [-0.15, -0.1) is 0 Å². The molecule has 1 aromatic rings. The lowest BCUT2D eigenvalue weighted by Gasteiger charge is -2.30. The van der Waals surface area contributed by atoms with Gasteiger partial charge in [-0.2, -0.15) is 0 Å². The quantitative estimate of drug-likeness (QED) is 0.673. The van der Waals surface area contributed by atoms with Crippen molar-refractivity contribution in [2.24, 2.45) is 5.92 Å². The summed E-state index contributed by atoms with van der Waals surface area (Å²) in [6, 6.07) is 9.28. The SMILES string of the molecule is CC(C)(C)OC(=O)N(CCCO)C[C@H](NC(=O)OCc1ccccc1)C1CC1. The molecule has 2 rings (SSSR count). The zero-order valence-electron chi connectivity index (χ0n) is 17.0. The Labute approximate surface area is 167 Å². The molecule has 2 amide bonds. The molecule has 1 atom stereocenters. The molecule has 7 heteroatoms. The van der Waals surface area contributed by atoms with Crippen LogP contribution in [0.1, 0.15) is 45.6 Å². The van der Waals surface area contributed by atoms with E-state index in [9.17, 15) is 9.59 Å². The zero-order valence-corrected chi connectivity index (χ0v) is 17.0. The number of carbonyl (C=O) groups excluding carboxylic acids is 2. The van der Waals surface area contributed by atoms with Gasteiger partial charge in [-0.3, -0.25) is 0 Å². The molecule has 156 valence electrons. The van der Waals surface area contributed by atoms with Crippen molar-refractivity contribution >= 4 is 12.2 Å². The molecule has 2 N–H and O–H groups in total. The monoisotopic (exact) mass is 392 g/mol. The van der Waals surface area contributed by atoms with Crippen LogP contribution in [0, 0.1) is 5.92 Å². The number of hydrogen-bond donors (Lipinski definition) is 2. The van der Waals surface area contributed by atoms with Crippen LogP contribution in [0.15, 0.2) is 30.3 Å². The average Bonchev–Trinajstić information content (AvgIpc) is 3.47. The van der Waals surface area contributed by atoms with Gasteiger partial charge in [0.2, 0.25) is 0 Å². The Bertz CT molecular complexity index is 625. The second-order valence-corrected chi connectivity index (χ2v) is 8.15. The number of carbonyl (C=O) groups is 2. The molecule has 0 saturated heterocycles. The minimum atomic E-state index is -0.605. The fraction of sp³-hybridized carbons (Fsp3) is 0.619. The Morgan fingerprint density at radius 1 is 1.25 bits per heavy atom. The Hall–Kier alpha value is -2.28. The smallest absolute Gasteiger partial charge is 0.410 e. The molecule has 0 aliphatic heterocycles. The summed E-state index contributed by atoms with van der Waals surface area (Å²) in [4.78, 5) is 26.3. The van der Waals surface area contributed by atoms with Crippen molar-refractivity contribution in [3.63, 3.8) is 0 Å². The van der Waals surface area contributed by atoms with Crippen LogP contribution >= 0.6 is 0 Å². The highest BCUT2D eigenvalue weighted by molar-refractivity contribution is 5.69. The number of nitrogens with one attached hydrogen (secondary N) is 1. The van der Waals surface area contributed by atoms with Crippen LogP contribution in [-0.2, 0) is 16.1 Å². The van der Waals surface area contributed by atoms with Crippen LogP contribution in [0.5, 0.6) is 0 Å². The topological polar surface area (TPSA) is 88.1 Å². The summed E-state index contributed by atoms with van der Waals surface area (Å²) in [5, 5.41) is 12.0. The van der Waals surface area contributed by atoms with Gasteiger partial charge in [0.25, 0.3) is 0 Å². The van der Waals surface area contributed by atoms with E-state index in [1.54, 1.807) is 4.90 Å². The summed E-state index contributed by atoms with van der Waals surface area (Å²) in [5.41, 5.74) is 0.310. The molecular formula is C21H32N2O5. The first-order valence-corrected chi connectivity index (χ1v) is 9.84. The number of aliphatic hydroxyl groups is 1. The number of ether oxygens (including phenoxy) is 2. The summed E-state index contributed by atoms with van der Waals surface area (Å²) in [6.07, 6.45) is 1.53. The van der Waals surface area contributed by atoms with Gasteiger partial charge in [0, 0.05) is 19.7 Å². The molecule has 1 fully saturated rings. The highest BCUT2D eigenvalue weighted by Crippen LogP contribution is 2.33. The molecule has 28 heavy (non-hydrogen) atoms. The number of benzene rings is 1. The van der Waals surface area contributed by atoms with Crippen LogP contribution in [-0.4, -0.2) is 53.5 Å². The summed E-state index contributed by atoms with van der Waals surface area (Å²) in [5.74, 6) is 0.323. The summed E-state index contributed by atoms with van der Waals surface area (Å²) in [7, 11) is 0. The predicted octanol–water partition coefficient (Wildman–Crippen LogP) is 3.31. The lowest BCUT2D eigenvalue weighted by Crippen LogP contribution is -2.48. The molecule has 7 nitrogen and oxygen atoms in total. The van der Waals surface area contributed by atoms with Gasteiger partial charge >= 0.3 is 12.2 Å². The number of nitrogens with zero attached hydrogens (tertiary/aromatic N) is 1. The number of hydrogen-bond acceptors (Lipinski definition) is 5. The molecular weight excluding hydrogens is 360 g/mol. The maximum Gasteiger partial charge on any atom is 0.410 e. The van der Waals surface area contributed by atoms with Crippen LogP contribution in [0.25, 0.3) is 0 Å². The minimum Gasteiger partial charge on any atom is -0.445 e. The Balaban J connectivity index is 1.92. The lowest BCUT2D eigenvalue weighted by atomic mass is 10.1. The van der Waals surface area contributed by atoms with Crippen LogP contribution in [0.2, 0.25) is 0 Å². The van der Waals surface area contributed by atoms with Crippen molar-refractivity contribution in [2.75, 3.05) is 19.7 Å². The van der Waals surface area contributed by atoms with E-state index in [1.165, 1.54) is 0 Å². The van der Waals surface area contributed by atoms with Gasteiger partial charge in [-0.05, 0) is 51.5 Å². The first kappa shape index (κ1) is 22.0. The van der Waals surface area contributed by atoms with E-state index in [4.69, 9.17) is 14.6 Å². The van der Waals surface area contributed by atoms with Gasteiger partial charge in [0.15, 0.2) is 0 Å². The molecule has 0 radical (unpaired) electrons. The Morgan fingerprint density at radius 2 is 1.93 bits per heavy atom. The third kappa shape index (κ3) is 8.17. The highest BCUT2D eigenvalue weighted by Gasteiger charge is 2.35. The summed E-state index contributed by atoms with van der Waals surface area (Å²) < 4.78 is 10.8.